The zero-order valence-electron chi connectivity index (χ0n) is 9.95. The van der Waals surface area contributed by atoms with Crippen LogP contribution in [-0.4, -0.2) is 29.3 Å². The van der Waals surface area contributed by atoms with E-state index in [1.165, 1.54) is 0 Å². The molecule has 2 atom stereocenters. The molecule has 0 radical (unpaired) electrons. The standard InChI is InChI=1S/C11H19NO4/c1-11(2,3)16-10(15)12-6-7-4-5-8(7)9(13)14/h7-8H,4-6H2,1-3H3,(H,12,15)(H,13,14)/t7-,8-/m0/s1. The summed E-state index contributed by atoms with van der Waals surface area (Å²) in [6, 6.07) is 0. The van der Waals surface area contributed by atoms with Gasteiger partial charge in [-0.2, -0.15) is 0 Å². The maximum Gasteiger partial charge on any atom is 0.407 e. The van der Waals surface area contributed by atoms with Crippen molar-refractivity contribution in [3.05, 3.63) is 0 Å². The number of carboxylic acids is 1. The lowest BCUT2D eigenvalue weighted by Crippen LogP contribution is -2.42. The van der Waals surface area contributed by atoms with Gasteiger partial charge in [0.15, 0.2) is 0 Å². The molecule has 1 saturated carbocycles. The highest BCUT2D eigenvalue weighted by molar-refractivity contribution is 5.72. The minimum atomic E-state index is -0.776. The SMILES string of the molecule is CC(C)(C)OC(=O)NC[C@@H]1CC[C@@H]1C(=O)O. The number of carbonyl (C=O) groups is 2. The van der Waals surface area contributed by atoms with Crippen molar-refractivity contribution in [3.63, 3.8) is 0 Å². The molecule has 0 aliphatic heterocycles. The number of aliphatic carboxylic acids is 1. The molecule has 1 aliphatic carbocycles. The van der Waals surface area contributed by atoms with Gasteiger partial charge in [-0.05, 0) is 39.5 Å². The van der Waals surface area contributed by atoms with E-state index in [1.54, 1.807) is 20.8 Å². The first-order valence-corrected chi connectivity index (χ1v) is 5.49. The van der Waals surface area contributed by atoms with Gasteiger partial charge in [0.2, 0.25) is 0 Å². The molecule has 16 heavy (non-hydrogen) atoms. The Labute approximate surface area is 95.2 Å². The van der Waals surface area contributed by atoms with Crippen molar-refractivity contribution < 1.29 is 19.4 Å². The second-order valence-electron chi connectivity index (χ2n) is 5.16. The molecule has 1 fully saturated rings. The lowest BCUT2D eigenvalue weighted by atomic mass is 9.74. The Kier molecular flexibility index (Phi) is 3.78. The normalized spacial score (nSPS) is 24.4. The van der Waals surface area contributed by atoms with E-state index in [0.717, 1.165) is 6.42 Å². The van der Waals surface area contributed by atoms with Gasteiger partial charge in [0, 0.05) is 6.54 Å². The highest BCUT2D eigenvalue weighted by Crippen LogP contribution is 2.33. The third-order valence-electron chi connectivity index (χ3n) is 2.64. The largest absolute Gasteiger partial charge is 0.481 e. The summed E-state index contributed by atoms with van der Waals surface area (Å²) in [5.41, 5.74) is -0.518. The summed E-state index contributed by atoms with van der Waals surface area (Å²) < 4.78 is 5.05. The summed E-state index contributed by atoms with van der Waals surface area (Å²) in [6.45, 7) is 5.74. The highest BCUT2D eigenvalue weighted by atomic mass is 16.6. The van der Waals surface area contributed by atoms with Gasteiger partial charge in [0.05, 0.1) is 5.92 Å². The van der Waals surface area contributed by atoms with Gasteiger partial charge >= 0.3 is 12.1 Å². The second kappa shape index (κ2) is 4.72. The number of nitrogens with one attached hydrogen (secondary N) is 1. The van der Waals surface area contributed by atoms with E-state index in [1.807, 2.05) is 0 Å². The molecule has 5 nitrogen and oxygen atoms in total. The minimum Gasteiger partial charge on any atom is -0.481 e. The molecule has 1 aliphatic rings. The van der Waals surface area contributed by atoms with Crippen molar-refractivity contribution in [1.82, 2.24) is 5.32 Å². The molecule has 0 unspecified atom stereocenters. The minimum absolute atomic E-state index is 0.0463. The Morgan fingerprint density at radius 2 is 2.00 bits per heavy atom. The molecule has 0 aromatic heterocycles. The molecular formula is C11H19NO4. The van der Waals surface area contributed by atoms with Crippen molar-refractivity contribution in [2.24, 2.45) is 11.8 Å². The predicted molar refractivity (Wildman–Crippen MR) is 58.1 cm³/mol. The molecule has 92 valence electrons. The number of hydrogen-bond donors (Lipinski definition) is 2. The monoisotopic (exact) mass is 229 g/mol. The van der Waals surface area contributed by atoms with Crippen molar-refractivity contribution in [3.8, 4) is 0 Å². The summed E-state index contributed by atoms with van der Waals surface area (Å²) in [4.78, 5) is 22.0. The fourth-order valence-corrected chi connectivity index (χ4v) is 1.67. The molecule has 0 spiro atoms. The summed E-state index contributed by atoms with van der Waals surface area (Å²) in [5.74, 6) is -1.04. The summed E-state index contributed by atoms with van der Waals surface area (Å²) in [6.07, 6.45) is 1.08. The average Bonchev–Trinajstić information content (AvgIpc) is 1.96. The molecular weight excluding hydrogens is 210 g/mol. The van der Waals surface area contributed by atoms with Crippen LogP contribution < -0.4 is 5.32 Å². The Balaban J connectivity index is 2.25. The zero-order chi connectivity index (χ0) is 12.3. The smallest absolute Gasteiger partial charge is 0.407 e. The summed E-state index contributed by atoms with van der Waals surface area (Å²) >= 11 is 0. The van der Waals surface area contributed by atoms with Crippen LogP contribution in [0.15, 0.2) is 0 Å². The molecule has 0 aromatic carbocycles. The van der Waals surface area contributed by atoms with E-state index in [4.69, 9.17) is 9.84 Å². The maximum atomic E-state index is 11.3. The fraction of sp³-hybridized carbons (Fsp3) is 0.818. The van der Waals surface area contributed by atoms with Gasteiger partial charge in [-0.1, -0.05) is 0 Å². The van der Waals surface area contributed by atoms with Crippen molar-refractivity contribution in [1.29, 1.82) is 0 Å². The van der Waals surface area contributed by atoms with Crippen LogP contribution in [0.2, 0.25) is 0 Å². The van der Waals surface area contributed by atoms with Gasteiger partial charge in [0.25, 0.3) is 0 Å². The fourth-order valence-electron chi connectivity index (χ4n) is 1.67. The van der Waals surface area contributed by atoms with E-state index in [9.17, 15) is 9.59 Å². The van der Waals surface area contributed by atoms with Crippen molar-refractivity contribution in [2.45, 2.75) is 39.2 Å². The quantitative estimate of drug-likeness (QED) is 0.771. The summed E-state index contributed by atoms with van der Waals surface area (Å²) in [7, 11) is 0. The van der Waals surface area contributed by atoms with E-state index in [0.29, 0.717) is 13.0 Å². The first kappa shape index (κ1) is 12.8. The van der Waals surface area contributed by atoms with Crippen LogP contribution in [0, 0.1) is 11.8 Å². The van der Waals surface area contributed by atoms with Crippen LogP contribution in [0.25, 0.3) is 0 Å². The Morgan fingerprint density at radius 3 is 2.38 bits per heavy atom. The van der Waals surface area contributed by atoms with Crippen molar-refractivity contribution >= 4 is 12.1 Å². The van der Waals surface area contributed by atoms with E-state index in [2.05, 4.69) is 5.32 Å². The molecule has 0 bridgehead atoms. The topological polar surface area (TPSA) is 75.6 Å². The molecule has 1 rings (SSSR count). The van der Waals surface area contributed by atoms with E-state index >= 15 is 0 Å². The average molecular weight is 229 g/mol. The number of ether oxygens (including phenoxy) is 1. The Morgan fingerprint density at radius 1 is 1.38 bits per heavy atom. The number of hydrogen-bond acceptors (Lipinski definition) is 3. The first-order chi connectivity index (χ1) is 7.29. The van der Waals surface area contributed by atoms with Gasteiger partial charge in [-0.15, -0.1) is 0 Å². The van der Waals surface area contributed by atoms with Crippen LogP contribution in [-0.2, 0) is 9.53 Å². The number of alkyl carbamates (subject to hydrolysis) is 1. The third-order valence-corrected chi connectivity index (χ3v) is 2.64. The second-order valence-corrected chi connectivity index (χ2v) is 5.16. The van der Waals surface area contributed by atoms with Crippen LogP contribution in [0.1, 0.15) is 33.6 Å². The number of carbonyl (C=O) groups excluding carboxylic acids is 1. The zero-order valence-corrected chi connectivity index (χ0v) is 9.95. The van der Waals surface area contributed by atoms with Crippen LogP contribution in [0.3, 0.4) is 0 Å². The highest BCUT2D eigenvalue weighted by Gasteiger charge is 2.36. The van der Waals surface area contributed by atoms with Crippen LogP contribution in [0.5, 0.6) is 0 Å². The van der Waals surface area contributed by atoms with Crippen LogP contribution >= 0.6 is 0 Å². The first-order valence-electron chi connectivity index (χ1n) is 5.49. The molecule has 2 N–H and O–H groups in total. The maximum absolute atomic E-state index is 11.3. The Hall–Kier alpha value is -1.26. The molecule has 0 aromatic rings. The van der Waals surface area contributed by atoms with E-state index < -0.39 is 17.7 Å². The lowest BCUT2D eigenvalue weighted by Gasteiger charge is -2.33. The van der Waals surface area contributed by atoms with Crippen LogP contribution in [0.4, 0.5) is 4.79 Å². The van der Waals surface area contributed by atoms with Gasteiger partial charge < -0.3 is 15.2 Å². The number of amides is 1. The number of rotatable bonds is 3. The number of carboxylic acid groups (broad SMARTS) is 1. The van der Waals surface area contributed by atoms with Gasteiger partial charge in [0.1, 0.15) is 5.60 Å². The molecule has 5 heteroatoms. The van der Waals surface area contributed by atoms with Gasteiger partial charge in [-0.3, -0.25) is 4.79 Å². The Bertz CT molecular complexity index is 282. The predicted octanol–water partition coefficient (Wildman–Crippen LogP) is 1.62. The third kappa shape index (κ3) is 3.72. The van der Waals surface area contributed by atoms with Gasteiger partial charge in [-0.25, -0.2) is 4.79 Å². The van der Waals surface area contributed by atoms with E-state index in [-0.39, 0.29) is 11.8 Å². The van der Waals surface area contributed by atoms with Crippen molar-refractivity contribution in [2.75, 3.05) is 6.54 Å². The lowest BCUT2D eigenvalue weighted by molar-refractivity contribution is -0.147. The summed E-state index contributed by atoms with van der Waals surface area (Å²) in [5, 5.41) is 11.4. The molecule has 0 heterocycles. The molecule has 1 amide bonds. The molecule has 0 saturated heterocycles.